The summed E-state index contributed by atoms with van der Waals surface area (Å²) >= 11 is 3.21. The lowest BCUT2D eigenvalue weighted by Gasteiger charge is -2.08. The van der Waals surface area contributed by atoms with Crippen LogP contribution in [0.1, 0.15) is 18.9 Å². The highest BCUT2D eigenvalue weighted by Gasteiger charge is 2.05. The topological polar surface area (TPSA) is 20.2 Å². The molecule has 0 heterocycles. The Morgan fingerprint density at radius 3 is 2.79 bits per heavy atom. The van der Waals surface area contributed by atoms with Crippen molar-refractivity contribution >= 4 is 15.9 Å². The molecule has 1 atom stereocenters. The van der Waals surface area contributed by atoms with Crippen LogP contribution in [0.3, 0.4) is 0 Å². The van der Waals surface area contributed by atoms with Crippen molar-refractivity contribution < 1.29 is 9.50 Å². The van der Waals surface area contributed by atoms with Gasteiger partial charge in [-0.25, -0.2) is 4.39 Å². The molecule has 0 saturated heterocycles. The fourth-order valence-electron chi connectivity index (χ4n) is 1.22. The first-order valence-corrected chi connectivity index (χ1v) is 5.47. The van der Waals surface area contributed by atoms with Crippen molar-refractivity contribution in [2.24, 2.45) is 5.92 Å². The molecular formula is C11H14BrFO. The average molecular weight is 261 g/mol. The van der Waals surface area contributed by atoms with Crippen LogP contribution in [0.2, 0.25) is 0 Å². The Labute approximate surface area is 92.1 Å². The first kappa shape index (κ1) is 11.7. The Morgan fingerprint density at radius 1 is 1.50 bits per heavy atom. The summed E-state index contributed by atoms with van der Waals surface area (Å²) in [5.74, 6) is 0.0579. The van der Waals surface area contributed by atoms with Gasteiger partial charge in [-0.1, -0.05) is 28.9 Å². The molecule has 1 unspecified atom stereocenters. The van der Waals surface area contributed by atoms with Gasteiger partial charge in [0, 0.05) is 11.1 Å². The third-order valence-corrected chi connectivity index (χ3v) is 2.73. The highest BCUT2D eigenvalue weighted by Crippen LogP contribution is 2.17. The van der Waals surface area contributed by atoms with Crippen LogP contribution >= 0.6 is 15.9 Å². The summed E-state index contributed by atoms with van der Waals surface area (Å²) < 4.78 is 14.1. The second-order valence-electron chi connectivity index (χ2n) is 3.56. The molecule has 0 fully saturated rings. The fraction of sp³-hybridized carbons (Fsp3) is 0.455. The van der Waals surface area contributed by atoms with Crippen molar-refractivity contribution in [3.05, 3.63) is 34.1 Å². The second-order valence-corrected chi connectivity index (χ2v) is 4.48. The van der Waals surface area contributed by atoms with Gasteiger partial charge in [0.1, 0.15) is 5.82 Å². The largest absolute Gasteiger partial charge is 0.396 e. The molecule has 0 amide bonds. The highest BCUT2D eigenvalue weighted by atomic mass is 79.9. The van der Waals surface area contributed by atoms with Crippen LogP contribution in [0.15, 0.2) is 22.7 Å². The van der Waals surface area contributed by atoms with Crippen molar-refractivity contribution in [1.82, 2.24) is 0 Å². The molecule has 0 bridgehead atoms. The molecule has 0 aliphatic rings. The van der Waals surface area contributed by atoms with Gasteiger partial charge in [0.2, 0.25) is 0 Å². The van der Waals surface area contributed by atoms with Crippen molar-refractivity contribution in [3.8, 4) is 0 Å². The standard InChI is InChI=1S/C11H14BrFO/c1-8(7-14)2-3-9-4-5-10(12)6-11(9)13/h4-6,8,14H,2-3,7H2,1H3. The van der Waals surface area contributed by atoms with Gasteiger partial charge in [0.15, 0.2) is 0 Å². The summed E-state index contributed by atoms with van der Waals surface area (Å²) in [4.78, 5) is 0. The molecule has 0 aromatic heterocycles. The van der Waals surface area contributed by atoms with E-state index >= 15 is 0 Å². The van der Waals surface area contributed by atoms with Gasteiger partial charge >= 0.3 is 0 Å². The summed E-state index contributed by atoms with van der Waals surface area (Å²) in [5.41, 5.74) is 0.716. The number of hydrogen-bond donors (Lipinski definition) is 1. The first-order valence-electron chi connectivity index (χ1n) is 4.68. The van der Waals surface area contributed by atoms with Crippen molar-refractivity contribution in [1.29, 1.82) is 0 Å². The zero-order chi connectivity index (χ0) is 10.6. The van der Waals surface area contributed by atoms with E-state index in [1.807, 2.05) is 13.0 Å². The van der Waals surface area contributed by atoms with Crippen molar-refractivity contribution in [3.63, 3.8) is 0 Å². The van der Waals surface area contributed by atoms with E-state index in [0.29, 0.717) is 12.0 Å². The summed E-state index contributed by atoms with van der Waals surface area (Å²) in [6.07, 6.45) is 1.50. The van der Waals surface area contributed by atoms with Crippen molar-refractivity contribution in [2.75, 3.05) is 6.61 Å². The van der Waals surface area contributed by atoms with Crippen LogP contribution in [-0.4, -0.2) is 11.7 Å². The number of aliphatic hydroxyl groups excluding tert-OH is 1. The Hall–Kier alpha value is -0.410. The van der Waals surface area contributed by atoms with E-state index < -0.39 is 0 Å². The van der Waals surface area contributed by atoms with E-state index in [2.05, 4.69) is 15.9 Å². The molecule has 0 radical (unpaired) electrons. The van der Waals surface area contributed by atoms with Crippen LogP contribution in [0.4, 0.5) is 4.39 Å². The molecule has 0 aliphatic heterocycles. The van der Waals surface area contributed by atoms with E-state index in [-0.39, 0.29) is 18.3 Å². The highest BCUT2D eigenvalue weighted by molar-refractivity contribution is 9.10. The molecule has 1 nitrogen and oxygen atoms in total. The van der Waals surface area contributed by atoms with Crippen LogP contribution in [0.5, 0.6) is 0 Å². The maximum absolute atomic E-state index is 13.3. The van der Waals surface area contributed by atoms with Crippen molar-refractivity contribution in [2.45, 2.75) is 19.8 Å². The zero-order valence-electron chi connectivity index (χ0n) is 8.13. The van der Waals surface area contributed by atoms with E-state index in [0.717, 1.165) is 10.9 Å². The zero-order valence-corrected chi connectivity index (χ0v) is 9.72. The summed E-state index contributed by atoms with van der Waals surface area (Å²) in [6.45, 7) is 2.12. The lowest BCUT2D eigenvalue weighted by molar-refractivity contribution is 0.230. The Morgan fingerprint density at radius 2 is 2.21 bits per heavy atom. The summed E-state index contributed by atoms with van der Waals surface area (Å²) in [6, 6.07) is 5.09. The molecule has 0 saturated carbocycles. The molecule has 1 aromatic carbocycles. The average Bonchev–Trinajstić information content (AvgIpc) is 2.16. The molecule has 0 aliphatic carbocycles. The van der Waals surface area contributed by atoms with E-state index in [9.17, 15) is 4.39 Å². The first-order chi connectivity index (χ1) is 6.63. The maximum Gasteiger partial charge on any atom is 0.127 e. The van der Waals surface area contributed by atoms with Gasteiger partial charge < -0.3 is 5.11 Å². The molecule has 1 aromatic rings. The molecule has 0 spiro atoms. The quantitative estimate of drug-likeness (QED) is 0.882. The van der Waals surface area contributed by atoms with Crippen LogP contribution in [0.25, 0.3) is 0 Å². The monoisotopic (exact) mass is 260 g/mol. The normalized spacial score (nSPS) is 12.9. The lowest BCUT2D eigenvalue weighted by Crippen LogP contribution is -2.03. The number of benzene rings is 1. The minimum atomic E-state index is -0.176. The second kappa shape index (κ2) is 5.47. The van der Waals surface area contributed by atoms with Gasteiger partial charge in [-0.15, -0.1) is 0 Å². The smallest absolute Gasteiger partial charge is 0.127 e. The molecule has 78 valence electrons. The van der Waals surface area contributed by atoms with Gasteiger partial charge in [0.05, 0.1) is 0 Å². The number of aryl methyl sites for hydroxylation is 1. The van der Waals surface area contributed by atoms with Crippen LogP contribution in [0, 0.1) is 11.7 Å². The third-order valence-electron chi connectivity index (χ3n) is 2.23. The SMILES string of the molecule is CC(CO)CCc1ccc(Br)cc1F. The van der Waals surface area contributed by atoms with Crippen LogP contribution < -0.4 is 0 Å². The van der Waals surface area contributed by atoms with Gasteiger partial charge in [-0.2, -0.15) is 0 Å². The number of hydrogen-bond acceptors (Lipinski definition) is 1. The Balaban J connectivity index is 2.59. The summed E-state index contributed by atoms with van der Waals surface area (Å²) in [7, 11) is 0. The maximum atomic E-state index is 13.3. The minimum Gasteiger partial charge on any atom is -0.396 e. The predicted octanol–water partition coefficient (Wildman–Crippen LogP) is 3.15. The van der Waals surface area contributed by atoms with E-state index in [1.165, 1.54) is 6.07 Å². The number of aliphatic hydroxyl groups is 1. The minimum absolute atomic E-state index is 0.165. The van der Waals surface area contributed by atoms with E-state index in [1.54, 1.807) is 6.07 Å². The Bertz CT molecular complexity index is 301. The molecule has 1 N–H and O–H groups in total. The Kier molecular flexibility index (Phi) is 4.55. The third kappa shape index (κ3) is 3.39. The van der Waals surface area contributed by atoms with Crippen LogP contribution in [-0.2, 0) is 6.42 Å². The van der Waals surface area contributed by atoms with Gasteiger partial charge in [0.25, 0.3) is 0 Å². The van der Waals surface area contributed by atoms with Gasteiger partial charge in [-0.05, 0) is 36.5 Å². The predicted molar refractivity (Wildman–Crippen MR) is 58.7 cm³/mol. The lowest BCUT2D eigenvalue weighted by atomic mass is 10.0. The molecule has 3 heteroatoms. The molecule has 14 heavy (non-hydrogen) atoms. The van der Waals surface area contributed by atoms with E-state index in [4.69, 9.17) is 5.11 Å². The molecule has 1 rings (SSSR count). The number of halogens is 2. The number of rotatable bonds is 4. The van der Waals surface area contributed by atoms with Gasteiger partial charge in [-0.3, -0.25) is 0 Å². The molecular weight excluding hydrogens is 247 g/mol. The fourth-order valence-corrected chi connectivity index (χ4v) is 1.55. The summed E-state index contributed by atoms with van der Waals surface area (Å²) in [5, 5.41) is 8.82.